The van der Waals surface area contributed by atoms with Crippen molar-refractivity contribution in [2.45, 2.75) is 0 Å². The Balaban J connectivity index is 2.43. The zero-order valence-corrected chi connectivity index (χ0v) is 11.4. The molecule has 2 aromatic rings. The summed E-state index contributed by atoms with van der Waals surface area (Å²) < 4.78 is 0. The third-order valence-corrected chi connectivity index (χ3v) is 3.58. The van der Waals surface area contributed by atoms with Gasteiger partial charge in [0.15, 0.2) is 11.4 Å². The van der Waals surface area contributed by atoms with Crippen molar-refractivity contribution in [1.29, 1.82) is 5.26 Å². The second-order valence-electron chi connectivity index (χ2n) is 3.39. The standard InChI is InChI=1S/C13H11N3S2/c1-17-13(15-9-14)16-12-5-3-2-4-11(12)10-6-7-18-8-10/h2-8H,1H3,(H,15,16). The normalized spacial score (nSPS) is 11.0. The maximum absolute atomic E-state index is 8.65. The summed E-state index contributed by atoms with van der Waals surface area (Å²) >= 11 is 3.07. The molecule has 0 saturated carbocycles. The summed E-state index contributed by atoms with van der Waals surface area (Å²) in [5.41, 5.74) is 3.09. The average molecular weight is 273 g/mol. The highest BCUT2D eigenvalue weighted by Gasteiger charge is 2.05. The predicted octanol–water partition coefficient (Wildman–Crippen LogP) is 3.84. The highest BCUT2D eigenvalue weighted by atomic mass is 32.2. The first-order valence-corrected chi connectivity index (χ1v) is 7.41. The van der Waals surface area contributed by atoms with E-state index >= 15 is 0 Å². The number of nitriles is 1. The van der Waals surface area contributed by atoms with Crippen LogP contribution in [-0.4, -0.2) is 11.4 Å². The van der Waals surface area contributed by atoms with E-state index in [1.165, 1.54) is 11.8 Å². The number of rotatable bonds is 2. The maximum Gasteiger partial charge on any atom is 0.183 e. The van der Waals surface area contributed by atoms with Crippen LogP contribution in [0.25, 0.3) is 11.1 Å². The van der Waals surface area contributed by atoms with Gasteiger partial charge in [-0.1, -0.05) is 30.0 Å². The number of benzene rings is 1. The van der Waals surface area contributed by atoms with E-state index in [-0.39, 0.29) is 0 Å². The highest BCUT2D eigenvalue weighted by molar-refractivity contribution is 8.13. The van der Waals surface area contributed by atoms with E-state index in [9.17, 15) is 0 Å². The Kier molecular flexibility index (Phi) is 4.40. The minimum absolute atomic E-state index is 0.597. The summed E-state index contributed by atoms with van der Waals surface area (Å²) in [5.74, 6) is 0. The topological polar surface area (TPSA) is 48.2 Å². The first kappa shape index (κ1) is 12.7. The summed E-state index contributed by atoms with van der Waals surface area (Å²) in [4.78, 5) is 4.47. The Bertz CT molecular complexity index is 583. The molecule has 0 radical (unpaired) electrons. The lowest BCUT2D eigenvalue weighted by Crippen LogP contribution is -2.12. The largest absolute Gasteiger partial charge is 0.271 e. The smallest absolute Gasteiger partial charge is 0.183 e. The van der Waals surface area contributed by atoms with Crippen LogP contribution >= 0.6 is 23.1 Å². The molecule has 1 aromatic carbocycles. The molecule has 0 fully saturated rings. The maximum atomic E-state index is 8.65. The SMILES string of the molecule is CSC(=Nc1ccccc1-c1ccsc1)NC#N. The van der Waals surface area contributed by atoms with Gasteiger partial charge in [0.2, 0.25) is 0 Å². The number of thioether (sulfide) groups is 1. The van der Waals surface area contributed by atoms with Crippen LogP contribution in [0.2, 0.25) is 0 Å². The van der Waals surface area contributed by atoms with E-state index in [1.807, 2.05) is 42.1 Å². The van der Waals surface area contributed by atoms with Gasteiger partial charge in [0.05, 0.1) is 5.69 Å². The third-order valence-electron chi connectivity index (χ3n) is 2.31. The number of hydrogen-bond acceptors (Lipinski definition) is 4. The van der Waals surface area contributed by atoms with Crippen molar-refractivity contribution in [1.82, 2.24) is 5.32 Å². The number of thiophene rings is 1. The Morgan fingerprint density at radius 2 is 2.22 bits per heavy atom. The predicted molar refractivity (Wildman–Crippen MR) is 79.1 cm³/mol. The molecule has 0 spiro atoms. The second kappa shape index (κ2) is 6.24. The van der Waals surface area contributed by atoms with Gasteiger partial charge in [0.25, 0.3) is 0 Å². The molecule has 0 bridgehead atoms. The van der Waals surface area contributed by atoms with Crippen LogP contribution < -0.4 is 5.32 Å². The molecule has 1 N–H and O–H groups in total. The van der Waals surface area contributed by atoms with Crippen molar-refractivity contribution in [3.8, 4) is 17.3 Å². The number of aliphatic imine (C=N–C) groups is 1. The molecule has 0 aliphatic heterocycles. The summed E-state index contributed by atoms with van der Waals surface area (Å²) in [6, 6.07) is 9.98. The van der Waals surface area contributed by atoms with E-state index < -0.39 is 0 Å². The fourth-order valence-corrected chi connectivity index (χ4v) is 2.51. The molecule has 18 heavy (non-hydrogen) atoms. The molecule has 90 valence electrons. The minimum Gasteiger partial charge on any atom is -0.271 e. The fourth-order valence-electron chi connectivity index (χ4n) is 1.51. The number of nitrogens with zero attached hydrogens (tertiary/aromatic N) is 2. The number of amidine groups is 1. The van der Waals surface area contributed by atoms with E-state index in [4.69, 9.17) is 5.26 Å². The molecule has 5 heteroatoms. The van der Waals surface area contributed by atoms with Gasteiger partial charge >= 0.3 is 0 Å². The second-order valence-corrected chi connectivity index (χ2v) is 4.96. The quantitative estimate of drug-likeness (QED) is 0.391. The molecule has 0 unspecified atom stereocenters. The molecule has 1 heterocycles. The molecule has 0 saturated heterocycles. The average Bonchev–Trinajstić information content (AvgIpc) is 2.92. The van der Waals surface area contributed by atoms with Crippen LogP contribution in [0.15, 0.2) is 46.1 Å². The molecular weight excluding hydrogens is 262 g/mol. The van der Waals surface area contributed by atoms with E-state index in [2.05, 4.69) is 21.8 Å². The Labute approximate surface area is 114 Å². The van der Waals surface area contributed by atoms with E-state index in [0.29, 0.717) is 5.17 Å². The Morgan fingerprint density at radius 1 is 1.39 bits per heavy atom. The molecular formula is C13H11N3S2. The molecule has 1 aromatic heterocycles. The molecule has 2 rings (SSSR count). The summed E-state index contributed by atoms with van der Waals surface area (Å²) in [6.45, 7) is 0. The van der Waals surface area contributed by atoms with Gasteiger partial charge in [-0.25, -0.2) is 4.99 Å². The van der Waals surface area contributed by atoms with Gasteiger partial charge in [0.1, 0.15) is 0 Å². The van der Waals surface area contributed by atoms with Crippen LogP contribution in [-0.2, 0) is 0 Å². The van der Waals surface area contributed by atoms with Crippen LogP contribution in [0, 0.1) is 11.5 Å². The van der Waals surface area contributed by atoms with Gasteiger partial charge in [-0.05, 0) is 34.7 Å². The van der Waals surface area contributed by atoms with E-state index in [0.717, 1.165) is 16.8 Å². The fraction of sp³-hybridized carbons (Fsp3) is 0.0769. The minimum atomic E-state index is 0.597. The molecule has 0 aliphatic carbocycles. The van der Waals surface area contributed by atoms with Crippen molar-refractivity contribution in [2.24, 2.45) is 4.99 Å². The Hall–Kier alpha value is -1.77. The van der Waals surface area contributed by atoms with Crippen LogP contribution in [0.3, 0.4) is 0 Å². The van der Waals surface area contributed by atoms with Gasteiger partial charge in [-0.2, -0.15) is 16.6 Å². The van der Waals surface area contributed by atoms with Crippen LogP contribution in [0.4, 0.5) is 5.69 Å². The van der Waals surface area contributed by atoms with Crippen molar-refractivity contribution in [2.75, 3.05) is 6.26 Å². The zero-order valence-electron chi connectivity index (χ0n) is 9.75. The van der Waals surface area contributed by atoms with Crippen molar-refractivity contribution in [3.05, 3.63) is 41.1 Å². The monoisotopic (exact) mass is 273 g/mol. The molecule has 0 atom stereocenters. The van der Waals surface area contributed by atoms with Gasteiger partial charge in [-0.15, -0.1) is 0 Å². The number of nitrogens with one attached hydrogen (secondary N) is 1. The van der Waals surface area contributed by atoms with Gasteiger partial charge in [-0.3, -0.25) is 5.32 Å². The van der Waals surface area contributed by atoms with Crippen LogP contribution in [0.1, 0.15) is 0 Å². The number of para-hydroxylation sites is 1. The van der Waals surface area contributed by atoms with Crippen molar-refractivity contribution in [3.63, 3.8) is 0 Å². The van der Waals surface area contributed by atoms with Gasteiger partial charge < -0.3 is 0 Å². The lowest BCUT2D eigenvalue weighted by Gasteiger charge is -2.05. The van der Waals surface area contributed by atoms with Crippen molar-refractivity contribution >= 4 is 34.0 Å². The van der Waals surface area contributed by atoms with Crippen molar-refractivity contribution < 1.29 is 0 Å². The Morgan fingerprint density at radius 3 is 2.89 bits per heavy atom. The number of hydrogen-bond donors (Lipinski definition) is 1. The first-order chi connectivity index (χ1) is 8.85. The zero-order chi connectivity index (χ0) is 12.8. The van der Waals surface area contributed by atoms with Crippen LogP contribution in [0.5, 0.6) is 0 Å². The molecule has 0 aliphatic rings. The lowest BCUT2D eigenvalue weighted by molar-refractivity contribution is 1.28. The first-order valence-electron chi connectivity index (χ1n) is 5.24. The molecule has 0 amide bonds. The molecule has 3 nitrogen and oxygen atoms in total. The third kappa shape index (κ3) is 2.92. The van der Waals surface area contributed by atoms with Gasteiger partial charge in [0, 0.05) is 5.56 Å². The summed E-state index contributed by atoms with van der Waals surface area (Å²) in [5, 5.41) is 15.9. The highest BCUT2D eigenvalue weighted by Crippen LogP contribution is 2.31. The van der Waals surface area contributed by atoms with E-state index in [1.54, 1.807) is 11.3 Å². The lowest BCUT2D eigenvalue weighted by atomic mass is 10.1. The summed E-state index contributed by atoms with van der Waals surface area (Å²) in [6.07, 6.45) is 3.78. The summed E-state index contributed by atoms with van der Waals surface area (Å²) in [7, 11) is 0.